The summed E-state index contributed by atoms with van der Waals surface area (Å²) in [5.41, 5.74) is 1.55. The van der Waals surface area contributed by atoms with Crippen molar-refractivity contribution >= 4 is 17.3 Å². The first kappa shape index (κ1) is 15.3. The van der Waals surface area contributed by atoms with Gasteiger partial charge in [-0.25, -0.2) is 0 Å². The number of benzene rings is 1. The molecule has 0 bridgehead atoms. The Balaban J connectivity index is 2.10. The summed E-state index contributed by atoms with van der Waals surface area (Å²) >= 11 is 0. The van der Waals surface area contributed by atoms with E-state index in [4.69, 9.17) is 0 Å². The van der Waals surface area contributed by atoms with Crippen LogP contribution in [0.3, 0.4) is 0 Å². The van der Waals surface area contributed by atoms with E-state index < -0.39 is 4.92 Å². The van der Waals surface area contributed by atoms with Crippen molar-refractivity contribution in [1.29, 1.82) is 0 Å². The fourth-order valence-electron chi connectivity index (χ4n) is 2.60. The summed E-state index contributed by atoms with van der Waals surface area (Å²) in [7, 11) is 0. The number of non-ortho nitro benzene ring substituents is 1. The van der Waals surface area contributed by atoms with Gasteiger partial charge in [-0.3, -0.25) is 14.9 Å². The van der Waals surface area contributed by atoms with Crippen molar-refractivity contribution in [2.24, 2.45) is 0 Å². The highest BCUT2D eigenvalue weighted by atomic mass is 16.6. The Morgan fingerprint density at radius 2 is 2.05 bits per heavy atom. The molecule has 1 saturated heterocycles. The zero-order valence-electron chi connectivity index (χ0n) is 12.8. The van der Waals surface area contributed by atoms with E-state index in [-0.39, 0.29) is 23.2 Å². The first-order valence-electron chi connectivity index (χ1n) is 7.00. The predicted molar refractivity (Wildman–Crippen MR) is 81.3 cm³/mol. The molecule has 1 heterocycles. The van der Waals surface area contributed by atoms with Crippen molar-refractivity contribution in [2.75, 3.05) is 11.9 Å². The zero-order chi connectivity index (χ0) is 15.8. The van der Waals surface area contributed by atoms with Crippen LogP contribution in [0.4, 0.5) is 11.4 Å². The number of rotatable bonds is 3. The van der Waals surface area contributed by atoms with Crippen molar-refractivity contribution < 1.29 is 9.72 Å². The van der Waals surface area contributed by atoms with Crippen molar-refractivity contribution in [3.8, 4) is 0 Å². The number of nitrogens with one attached hydrogen (secondary N) is 1. The molecule has 0 aliphatic carbocycles. The van der Waals surface area contributed by atoms with Gasteiger partial charge in [-0.2, -0.15) is 0 Å². The molecule has 1 fully saturated rings. The summed E-state index contributed by atoms with van der Waals surface area (Å²) in [6.07, 6.45) is 0.452. The van der Waals surface area contributed by atoms with Crippen LogP contribution in [0.5, 0.6) is 0 Å². The van der Waals surface area contributed by atoms with Crippen LogP contribution >= 0.6 is 0 Å². The third-order valence-electron chi connectivity index (χ3n) is 3.72. The van der Waals surface area contributed by atoms with Crippen LogP contribution in [-0.2, 0) is 4.79 Å². The quantitative estimate of drug-likeness (QED) is 0.686. The predicted octanol–water partition coefficient (Wildman–Crippen LogP) is 2.71. The maximum Gasteiger partial charge on any atom is 0.269 e. The van der Waals surface area contributed by atoms with E-state index in [2.05, 4.69) is 5.32 Å². The number of nitro benzene ring substituents is 1. The van der Waals surface area contributed by atoms with E-state index >= 15 is 0 Å². The number of aryl methyl sites for hydroxylation is 1. The van der Waals surface area contributed by atoms with Gasteiger partial charge in [-0.1, -0.05) is 0 Å². The van der Waals surface area contributed by atoms with Crippen LogP contribution in [0.25, 0.3) is 0 Å². The highest BCUT2D eigenvalue weighted by molar-refractivity contribution is 5.81. The van der Waals surface area contributed by atoms with E-state index in [0.717, 1.165) is 11.3 Å². The lowest BCUT2D eigenvalue weighted by Crippen LogP contribution is -2.43. The van der Waals surface area contributed by atoms with E-state index in [1.54, 1.807) is 12.1 Å². The lowest BCUT2D eigenvalue weighted by Gasteiger charge is -2.32. The molecule has 2 rings (SSSR count). The third kappa shape index (κ3) is 3.32. The van der Waals surface area contributed by atoms with Crippen LogP contribution in [0.1, 0.15) is 32.8 Å². The molecule has 0 radical (unpaired) electrons. The topological polar surface area (TPSA) is 75.5 Å². The molecule has 114 valence electrons. The number of likely N-dealkylation sites (tertiary alicyclic amines) is 1. The van der Waals surface area contributed by atoms with Gasteiger partial charge in [-0.15, -0.1) is 0 Å². The van der Waals surface area contributed by atoms with Gasteiger partial charge in [0.25, 0.3) is 5.69 Å². The number of hydrogen-bond donors (Lipinski definition) is 1. The Hall–Kier alpha value is -2.11. The first-order chi connectivity index (χ1) is 9.68. The van der Waals surface area contributed by atoms with E-state index in [0.29, 0.717) is 13.0 Å². The van der Waals surface area contributed by atoms with Crippen LogP contribution < -0.4 is 5.32 Å². The van der Waals surface area contributed by atoms with Gasteiger partial charge in [0.05, 0.1) is 11.0 Å². The smallest absolute Gasteiger partial charge is 0.269 e. The van der Waals surface area contributed by atoms with Crippen molar-refractivity contribution in [3.05, 3.63) is 33.9 Å². The Labute approximate surface area is 124 Å². The van der Waals surface area contributed by atoms with Crippen LogP contribution in [0, 0.1) is 17.0 Å². The maximum absolute atomic E-state index is 12.0. The first-order valence-corrected chi connectivity index (χ1v) is 7.00. The fourth-order valence-corrected chi connectivity index (χ4v) is 2.60. The third-order valence-corrected chi connectivity index (χ3v) is 3.72. The molecule has 1 aliphatic rings. The summed E-state index contributed by atoms with van der Waals surface area (Å²) in [6.45, 7) is 8.53. The molecule has 0 aromatic heterocycles. The second-order valence-corrected chi connectivity index (χ2v) is 6.48. The lowest BCUT2D eigenvalue weighted by molar-refractivity contribution is -0.384. The molecule has 1 amide bonds. The Morgan fingerprint density at radius 1 is 1.38 bits per heavy atom. The van der Waals surface area contributed by atoms with Crippen molar-refractivity contribution in [1.82, 2.24) is 4.90 Å². The van der Waals surface area contributed by atoms with Gasteiger partial charge in [0.1, 0.15) is 0 Å². The lowest BCUT2D eigenvalue weighted by atomic mass is 10.1. The van der Waals surface area contributed by atoms with Gasteiger partial charge >= 0.3 is 0 Å². The Bertz CT molecular complexity index is 578. The van der Waals surface area contributed by atoms with Gasteiger partial charge in [0.15, 0.2) is 0 Å². The summed E-state index contributed by atoms with van der Waals surface area (Å²) < 4.78 is 0. The second kappa shape index (κ2) is 5.35. The molecule has 1 unspecified atom stereocenters. The second-order valence-electron chi connectivity index (χ2n) is 6.48. The molecule has 1 N–H and O–H groups in total. The average molecular weight is 291 g/mol. The molecule has 1 aromatic rings. The minimum atomic E-state index is -0.406. The molecule has 6 nitrogen and oxygen atoms in total. The molecule has 0 saturated carbocycles. The average Bonchev–Trinajstić information content (AvgIpc) is 2.72. The van der Waals surface area contributed by atoms with Crippen LogP contribution in [-0.4, -0.2) is 33.9 Å². The van der Waals surface area contributed by atoms with Crippen molar-refractivity contribution in [2.45, 2.75) is 45.7 Å². The SMILES string of the molecule is Cc1cc([N+](=O)[O-])ccc1NC1CC(=O)N(C(C)(C)C)C1. The number of carbonyl (C=O) groups excluding carboxylic acids is 1. The summed E-state index contributed by atoms with van der Waals surface area (Å²) in [5.74, 6) is 0.138. The number of anilines is 1. The standard InChI is InChI=1S/C15H21N3O3/c1-10-7-12(18(20)21)5-6-13(10)16-11-8-14(19)17(9-11)15(2,3)4/h5-7,11,16H,8-9H2,1-4H3. The minimum absolute atomic E-state index is 0.0388. The molecular formula is C15H21N3O3. The number of carbonyl (C=O) groups is 1. The Kier molecular flexibility index (Phi) is 3.89. The molecule has 1 aromatic carbocycles. The molecule has 0 spiro atoms. The van der Waals surface area contributed by atoms with Gasteiger partial charge in [0, 0.05) is 36.3 Å². The monoisotopic (exact) mass is 291 g/mol. The number of nitro groups is 1. The molecule has 1 aliphatic heterocycles. The van der Waals surface area contributed by atoms with Gasteiger partial charge < -0.3 is 10.2 Å². The minimum Gasteiger partial charge on any atom is -0.380 e. The van der Waals surface area contributed by atoms with E-state index in [1.165, 1.54) is 6.07 Å². The zero-order valence-corrected chi connectivity index (χ0v) is 12.8. The maximum atomic E-state index is 12.0. The largest absolute Gasteiger partial charge is 0.380 e. The van der Waals surface area contributed by atoms with Crippen LogP contribution in [0.2, 0.25) is 0 Å². The molecular weight excluding hydrogens is 270 g/mol. The van der Waals surface area contributed by atoms with E-state index in [1.807, 2.05) is 32.6 Å². The Morgan fingerprint density at radius 3 is 2.52 bits per heavy atom. The fraction of sp³-hybridized carbons (Fsp3) is 0.533. The van der Waals surface area contributed by atoms with Crippen molar-refractivity contribution in [3.63, 3.8) is 0 Å². The highest BCUT2D eigenvalue weighted by Gasteiger charge is 2.36. The molecule has 1 atom stereocenters. The summed E-state index contributed by atoms with van der Waals surface area (Å²) in [5, 5.41) is 14.1. The highest BCUT2D eigenvalue weighted by Crippen LogP contribution is 2.26. The summed E-state index contributed by atoms with van der Waals surface area (Å²) in [6, 6.07) is 4.77. The van der Waals surface area contributed by atoms with Gasteiger partial charge in [0.2, 0.25) is 5.91 Å². The van der Waals surface area contributed by atoms with Crippen LogP contribution in [0.15, 0.2) is 18.2 Å². The summed E-state index contributed by atoms with van der Waals surface area (Å²) in [4.78, 5) is 24.2. The number of amides is 1. The van der Waals surface area contributed by atoms with E-state index in [9.17, 15) is 14.9 Å². The number of hydrogen-bond acceptors (Lipinski definition) is 4. The molecule has 6 heteroatoms. The normalized spacial score (nSPS) is 19.0. The molecule has 21 heavy (non-hydrogen) atoms. The van der Waals surface area contributed by atoms with Gasteiger partial charge in [-0.05, 0) is 39.3 Å². The number of nitrogens with zero attached hydrogens (tertiary/aromatic N) is 2.